The molecule has 1 atom stereocenters. The van der Waals surface area contributed by atoms with E-state index in [2.05, 4.69) is 9.47 Å². The molecule has 4 nitrogen and oxygen atoms in total. The lowest BCUT2D eigenvalue weighted by molar-refractivity contribution is -0.119. The molecule has 0 saturated heterocycles. The van der Waals surface area contributed by atoms with E-state index in [1.807, 2.05) is 0 Å². The normalized spacial score (nSPS) is 13.3. The molecule has 1 unspecified atom stereocenters. The van der Waals surface area contributed by atoms with Crippen LogP contribution >= 0.6 is 23.5 Å². The number of halogens is 4. The topological polar surface area (TPSA) is 61.6 Å². The van der Waals surface area contributed by atoms with Crippen molar-refractivity contribution in [2.45, 2.75) is 36.4 Å². The second kappa shape index (κ2) is 11.4. The van der Waals surface area contributed by atoms with E-state index < -0.39 is 23.9 Å². The molecule has 0 heterocycles. The smallest absolute Gasteiger partial charge is 0.387 e. The number of hydrogen-bond acceptors (Lipinski definition) is 5. The van der Waals surface area contributed by atoms with Gasteiger partial charge in [-0.05, 0) is 19.1 Å². The molecule has 10 heteroatoms. The number of hydrogen-bond donors (Lipinski definition) is 1. The van der Waals surface area contributed by atoms with Gasteiger partial charge in [0.25, 0.3) is 0 Å². The van der Waals surface area contributed by atoms with Gasteiger partial charge in [-0.1, -0.05) is 36.4 Å². The van der Waals surface area contributed by atoms with Crippen molar-refractivity contribution in [2.75, 3.05) is 5.75 Å². The van der Waals surface area contributed by atoms with Crippen LogP contribution in [0.2, 0.25) is 0 Å². The third-order valence-electron chi connectivity index (χ3n) is 4.08. The fourth-order valence-corrected chi connectivity index (χ4v) is 4.98. The van der Waals surface area contributed by atoms with E-state index in [0.717, 1.165) is 0 Å². The van der Waals surface area contributed by atoms with Crippen LogP contribution in [0.3, 0.4) is 0 Å². The number of alkyl halides is 4. The molecule has 0 aliphatic carbocycles. The molecule has 0 fully saturated rings. The molecule has 0 spiro atoms. The van der Waals surface area contributed by atoms with Crippen molar-refractivity contribution in [1.29, 1.82) is 0 Å². The van der Waals surface area contributed by atoms with E-state index in [1.165, 1.54) is 35.7 Å². The van der Waals surface area contributed by atoms with Crippen molar-refractivity contribution in [3.63, 3.8) is 0 Å². The maximum absolute atomic E-state index is 12.6. The number of amides is 1. The predicted molar refractivity (Wildman–Crippen MR) is 111 cm³/mol. The highest BCUT2D eigenvalue weighted by molar-refractivity contribution is 8.03. The molecule has 0 bridgehead atoms. The maximum Gasteiger partial charge on any atom is 0.387 e. The maximum atomic E-state index is 12.6. The van der Waals surface area contributed by atoms with E-state index in [-0.39, 0.29) is 23.0 Å². The predicted octanol–water partition coefficient (Wildman–Crippen LogP) is 5.30. The number of para-hydroxylation sites is 2. The molecule has 0 radical (unpaired) electrons. The molecule has 0 saturated carbocycles. The summed E-state index contributed by atoms with van der Waals surface area (Å²) in [6.45, 7) is -4.23. The Labute approximate surface area is 180 Å². The Morgan fingerprint density at radius 3 is 1.87 bits per heavy atom. The van der Waals surface area contributed by atoms with Crippen molar-refractivity contribution in [1.82, 2.24) is 0 Å². The molecule has 2 N–H and O–H groups in total. The van der Waals surface area contributed by atoms with Crippen LogP contribution in [-0.2, 0) is 16.3 Å². The van der Waals surface area contributed by atoms with Crippen molar-refractivity contribution in [3.05, 3.63) is 59.7 Å². The molecule has 1 amide bonds. The lowest BCUT2D eigenvalue weighted by Gasteiger charge is -2.25. The highest BCUT2D eigenvalue weighted by Crippen LogP contribution is 2.36. The molecule has 2 rings (SSSR count). The fourth-order valence-electron chi connectivity index (χ4n) is 2.44. The summed E-state index contributed by atoms with van der Waals surface area (Å²) >= 11 is 2.54. The van der Waals surface area contributed by atoms with E-state index >= 15 is 0 Å². The molecule has 30 heavy (non-hydrogen) atoms. The third kappa shape index (κ3) is 7.32. The number of benzene rings is 2. The first kappa shape index (κ1) is 24.2. The van der Waals surface area contributed by atoms with Crippen molar-refractivity contribution in [2.24, 2.45) is 5.73 Å². The molecule has 0 aromatic heterocycles. The van der Waals surface area contributed by atoms with Crippen molar-refractivity contribution < 1.29 is 31.8 Å². The zero-order valence-corrected chi connectivity index (χ0v) is 17.7. The Bertz CT molecular complexity index is 841. The largest absolute Gasteiger partial charge is 0.435 e. The highest BCUT2D eigenvalue weighted by atomic mass is 32.2. The number of thioether (sulfide) groups is 2. The molecule has 0 aliphatic rings. The number of rotatable bonds is 12. The first-order valence-corrected chi connectivity index (χ1v) is 10.9. The van der Waals surface area contributed by atoms with Crippen LogP contribution < -0.4 is 15.2 Å². The van der Waals surface area contributed by atoms with Crippen LogP contribution in [0.25, 0.3) is 0 Å². The van der Waals surface area contributed by atoms with Crippen LogP contribution in [0, 0.1) is 0 Å². The van der Waals surface area contributed by atoms with Crippen LogP contribution in [0.1, 0.15) is 18.1 Å². The number of ether oxygens (including phenoxy) is 2. The van der Waals surface area contributed by atoms with Crippen molar-refractivity contribution >= 4 is 29.4 Å². The van der Waals surface area contributed by atoms with Crippen LogP contribution in [-0.4, -0.2) is 29.6 Å². The van der Waals surface area contributed by atoms with Gasteiger partial charge >= 0.3 is 13.2 Å². The summed E-state index contributed by atoms with van der Waals surface area (Å²) in [6.07, 6.45) is 0. The van der Waals surface area contributed by atoms with Gasteiger partial charge in [0, 0.05) is 28.4 Å². The molecule has 0 aliphatic heterocycles. The van der Waals surface area contributed by atoms with Gasteiger partial charge in [0.2, 0.25) is 5.91 Å². The van der Waals surface area contributed by atoms with Gasteiger partial charge in [0.15, 0.2) is 0 Å². The first-order valence-electron chi connectivity index (χ1n) is 8.78. The number of nitrogens with two attached hydrogens (primary N) is 1. The van der Waals surface area contributed by atoms with Gasteiger partial charge in [-0.15, -0.1) is 11.8 Å². The zero-order valence-electron chi connectivity index (χ0n) is 16.0. The molecular weight excluding hydrogens is 442 g/mol. The van der Waals surface area contributed by atoms with E-state index in [0.29, 0.717) is 16.9 Å². The van der Waals surface area contributed by atoms with Gasteiger partial charge in [-0.25, -0.2) is 0 Å². The summed E-state index contributed by atoms with van der Waals surface area (Å²) in [7, 11) is 0. The Balaban J connectivity index is 2.02. The minimum Gasteiger partial charge on any atom is -0.435 e. The number of carbonyl (C=O) groups is 1. The van der Waals surface area contributed by atoms with E-state index in [1.54, 1.807) is 43.3 Å². The quantitative estimate of drug-likeness (QED) is 0.433. The van der Waals surface area contributed by atoms with E-state index in [9.17, 15) is 22.4 Å². The van der Waals surface area contributed by atoms with Gasteiger partial charge < -0.3 is 15.2 Å². The zero-order chi connectivity index (χ0) is 22.1. The SMILES string of the molecule is CC(CSCc1ccccc1OC(F)F)(SCc1ccccc1OC(F)F)C(N)=O. The monoisotopic (exact) mass is 463 g/mol. The summed E-state index contributed by atoms with van der Waals surface area (Å²) in [5, 5.41) is 0. The van der Waals surface area contributed by atoms with Crippen LogP contribution in [0.4, 0.5) is 17.6 Å². The number of carbonyl (C=O) groups excluding carboxylic acids is 1. The Hall–Kier alpha value is -2.07. The average Bonchev–Trinajstić information content (AvgIpc) is 2.67. The second-order valence-corrected chi connectivity index (χ2v) is 8.81. The summed E-state index contributed by atoms with van der Waals surface area (Å²) in [5.74, 6) is 0.396. The molecule has 164 valence electrons. The molecule has 2 aromatic rings. The lowest BCUT2D eigenvalue weighted by Crippen LogP contribution is -2.40. The Morgan fingerprint density at radius 1 is 0.933 bits per heavy atom. The third-order valence-corrected chi connectivity index (χ3v) is 7.00. The average molecular weight is 464 g/mol. The van der Waals surface area contributed by atoms with Crippen molar-refractivity contribution in [3.8, 4) is 11.5 Å². The standard InChI is InChI=1S/C20H21F4NO3S2/c1-20(17(25)26,30-11-14-7-3-5-9-16(14)28-19(23)24)12-29-10-13-6-2-4-8-15(13)27-18(21)22/h2-9,18-19H,10-12H2,1H3,(H2,25,26). The van der Waals surface area contributed by atoms with Gasteiger partial charge in [-0.3, -0.25) is 4.79 Å². The lowest BCUT2D eigenvalue weighted by atomic mass is 10.2. The summed E-state index contributed by atoms with van der Waals surface area (Å²) < 4.78 is 58.2. The Morgan fingerprint density at radius 2 is 1.40 bits per heavy atom. The molecule has 2 aromatic carbocycles. The summed E-state index contributed by atoms with van der Waals surface area (Å²) in [6, 6.07) is 12.7. The first-order chi connectivity index (χ1) is 14.2. The van der Waals surface area contributed by atoms with Crippen LogP contribution in [0.15, 0.2) is 48.5 Å². The molecular formula is C20H21F4NO3S2. The fraction of sp³-hybridized carbons (Fsp3) is 0.350. The van der Waals surface area contributed by atoms with Crippen LogP contribution in [0.5, 0.6) is 11.5 Å². The Kier molecular flexibility index (Phi) is 9.16. The number of primary amides is 1. The van der Waals surface area contributed by atoms with E-state index in [4.69, 9.17) is 5.73 Å². The minimum atomic E-state index is -2.95. The summed E-state index contributed by atoms with van der Waals surface area (Å²) in [5.41, 5.74) is 6.66. The van der Waals surface area contributed by atoms with Gasteiger partial charge in [0.1, 0.15) is 16.2 Å². The van der Waals surface area contributed by atoms with Gasteiger partial charge in [0.05, 0.1) is 0 Å². The minimum absolute atomic E-state index is 0.0394. The second-order valence-electron chi connectivity index (χ2n) is 6.35. The highest BCUT2D eigenvalue weighted by Gasteiger charge is 2.32. The van der Waals surface area contributed by atoms with Gasteiger partial charge in [-0.2, -0.15) is 29.3 Å². The summed E-state index contributed by atoms with van der Waals surface area (Å²) in [4.78, 5) is 12.1.